The second-order valence-electron chi connectivity index (χ2n) is 8.45. The van der Waals surface area contributed by atoms with Gasteiger partial charge >= 0.3 is 5.91 Å². The Bertz CT molecular complexity index is 1180. The molecule has 0 radical (unpaired) electrons. The molecule has 3 aromatic rings. The first-order valence-electron chi connectivity index (χ1n) is 11.2. The van der Waals surface area contributed by atoms with Crippen LogP contribution in [0.25, 0.3) is 0 Å². The van der Waals surface area contributed by atoms with Gasteiger partial charge < -0.3 is 31.4 Å². The quantitative estimate of drug-likeness (QED) is 0.284. The van der Waals surface area contributed by atoms with Gasteiger partial charge in [-0.15, -0.1) is 0 Å². The fourth-order valence-electron chi connectivity index (χ4n) is 4.00. The summed E-state index contributed by atoms with van der Waals surface area (Å²) in [7, 11) is 8.05. The SMILES string of the molecule is COc1ccc(CC(=O)[N+](C)(CC(=O)c2ccccc2)Cc2ccc(OC)c(OC)c2)cc1OC.[Cl-]. The highest BCUT2D eigenvalue weighted by Gasteiger charge is 2.35. The van der Waals surface area contributed by atoms with E-state index >= 15 is 0 Å². The van der Waals surface area contributed by atoms with E-state index in [-0.39, 0.29) is 41.5 Å². The number of hydrogen-bond acceptors (Lipinski definition) is 6. The number of ether oxygens (including phenoxy) is 4. The Hall–Kier alpha value is -3.55. The minimum absolute atomic E-state index is 0. The number of halogens is 1. The predicted molar refractivity (Wildman–Crippen MR) is 133 cm³/mol. The third-order valence-electron chi connectivity index (χ3n) is 5.97. The Morgan fingerprint density at radius 1 is 0.694 bits per heavy atom. The topological polar surface area (TPSA) is 71.1 Å². The van der Waals surface area contributed by atoms with E-state index in [0.29, 0.717) is 35.1 Å². The molecule has 0 N–H and O–H groups in total. The molecule has 7 nitrogen and oxygen atoms in total. The molecule has 0 spiro atoms. The van der Waals surface area contributed by atoms with Crippen molar-refractivity contribution >= 4 is 11.7 Å². The first-order valence-corrected chi connectivity index (χ1v) is 11.2. The summed E-state index contributed by atoms with van der Waals surface area (Å²) < 4.78 is 21.4. The van der Waals surface area contributed by atoms with Gasteiger partial charge in [0, 0.05) is 11.1 Å². The number of benzene rings is 3. The van der Waals surface area contributed by atoms with E-state index in [4.69, 9.17) is 18.9 Å². The van der Waals surface area contributed by atoms with Crippen molar-refractivity contribution in [3.05, 3.63) is 83.4 Å². The number of carbonyl (C=O) groups is 2. The van der Waals surface area contributed by atoms with E-state index in [9.17, 15) is 9.59 Å². The average Bonchev–Trinajstić information content (AvgIpc) is 2.88. The second kappa shape index (κ2) is 13.0. The van der Waals surface area contributed by atoms with Gasteiger partial charge in [-0.3, -0.25) is 9.28 Å². The minimum atomic E-state index is -0.114. The van der Waals surface area contributed by atoms with Crippen LogP contribution >= 0.6 is 0 Å². The number of ketones is 1. The first-order chi connectivity index (χ1) is 16.8. The Kier molecular flexibility index (Phi) is 10.3. The van der Waals surface area contributed by atoms with Gasteiger partial charge in [0.2, 0.25) is 5.78 Å². The number of hydrogen-bond donors (Lipinski definition) is 0. The van der Waals surface area contributed by atoms with E-state index in [0.717, 1.165) is 11.1 Å². The summed E-state index contributed by atoms with van der Waals surface area (Å²) in [4.78, 5) is 26.9. The Morgan fingerprint density at radius 2 is 1.19 bits per heavy atom. The molecule has 1 unspecified atom stereocenters. The average molecular weight is 514 g/mol. The predicted octanol–water partition coefficient (Wildman–Crippen LogP) is 1.32. The standard InChI is InChI=1S/C28H32NO6.ClH/c1-29(19-23(30)22-9-7-6-8-10-22,18-21-12-14-25(33-3)27(16-21)35-5)28(31)17-20-11-13-24(32-2)26(15-20)34-4;/h6-16H,17-19H2,1-5H3;1H/q+1;/p-1. The van der Waals surface area contributed by atoms with Gasteiger partial charge in [-0.2, -0.15) is 0 Å². The fraction of sp³-hybridized carbons (Fsp3) is 0.286. The highest BCUT2D eigenvalue weighted by atomic mass is 35.5. The zero-order valence-corrected chi connectivity index (χ0v) is 22.0. The molecule has 0 saturated heterocycles. The van der Waals surface area contributed by atoms with Crippen LogP contribution in [0.15, 0.2) is 66.7 Å². The number of amides is 1. The largest absolute Gasteiger partial charge is 1.00 e. The van der Waals surface area contributed by atoms with E-state index in [1.807, 2.05) is 36.4 Å². The molecule has 36 heavy (non-hydrogen) atoms. The molecule has 1 atom stereocenters. The molecule has 3 rings (SSSR count). The molecule has 1 amide bonds. The van der Waals surface area contributed by atoms with Gasteiger partial charge in [-0.1, -0.05) is 36.4 Å². The van der Waals surface area contributed by atoms with Gasteiger partial charge in [0.25, 0.3) is 0 Å². The van der Waals surface area contributed by atoms with Crippen molar-refractivity contribution < 1.29 is 45.4 Å². The molecular weight excluding hydrogens is 482 g/mol. The zero-order valence-electron chi connectivity index (χ0n) is 21.2. The van der Waals surface area contributed by atoms with Crippen molar-refractivity contribution in [1.82, 2.24) is 0 Å². The van der Waals surface area contributed by atoms with Crippen LogP contribution in [0, 0.1) is 0 Å². The molecule has 3 aromatic carbocycles. The number of carbonyl (C=O) groups excluding carboxylic acids is 2. The van der Waals surface area contributed by atoms with E-state index in [1.165, 1.54) is 0 Å². The lowest BCUT2D eigenvalue weighted by Gasteiger charge is -2.31. The van der Waals surface area contributed by atoms with Crippen molar-refractivity contribution in [3.8, 4) is 23.0 Å². The molecule has 192 valence electrons. The number of nitrogens with zero attached hydrogens (tertiary/aromatic N) is 1. The fourth-order valence-corrected chi connectivity index (χ4v) is 4.00. The molecule has 0 aliphatic rings. The van der Waals surface area contributed by atoms with Crippen molar-refractivity contribution in [2.24, 2.45) is 0 Å². The lowest BCUT2D eigenvalue weighted by atomic mass is 10.1. The Labute approximate surface area is 218 Å². The molecule has 0 saturated carbocycles. The van der Waals surface area contributed by atoms with Gasteiger partial charge in [0.05, 0.1) is 41.9 Å². The molecule has 0 aliphatic heterocycles. The number of rotatable bonds is 11. The maximum absolute atomic E-state index is 13.7. The molecule has 0 aromatic heterocycles. The third kappa shape index (κ3) is 6.77. The summed E-state index contributed by atoms with van der Waals surface area (Å²) >= 11 is 0. The summed E-state index contributed by atoms with van der Waals surface area (Å²) in [5.41, 5.74) is 2.20. The summed E-state index contributed by atoms with van der Waals surface area (Å²) in [5.74, 6) is 2.10. The van der Waals surface area contributed by atoms with Gasteiger partial charge in [-0.05, 0) is 35.9 Å². The minimum Gasteiger partial charge on any atom is -1.00 e. The van der Waals surface area contributed by atoms with Crippen LogP contribution in [0.3, 0.4) is 0 Å². The summed E-state index contributed by atoms with van der Waals surface area (Å²) in [6, 6.07) is 19.9. The van der Waals surface area contributed by atoms with Crippen LogP contribution in [-0.2, 0) is 17.8 Å². The van der Waals surface area contributed by atoms with Gasteiger partial charge in [0.1, 0.15) is 13.1 Å². The summed E-state index contributed by atoms with van der Waals surface area (Å²) in [5, 5.41) is 0. The number of quaternary nitrogens is 1. The van der Waals surface area contributed by atoms with Gasteiger partial charge in [-0.25, -0.2) is 4.79 Å². The number of methoxy groups -OCH3 is 4. The molecule has 0 bridgehead atoms. The van der Waals surface area contributed by atoms with E-state index in [1.54, 1.807) is 65.8 Å². The molecular formula is C28H32ClNO6. The maximum Gasteiger partial charge on any atom is 0.318 e. The van der Waals surface area contributed by atoms with Crippen LogP contribution < -0.4 is 31.4 Å². The van der Waals surface area contributed by atoms with Gasteiger partial charge in [0.15, 0.2) is 23.0 Å². The zero-order chi connectivity index (χ0) is 25.4. The molecule has 0 heterocycles. The van der Waals surface area contributed by atoms with Crippen LogP contribution in [0.4, 0.5) is 0 Å². The van der Waals surface area contributed by atoms with Crippen LogP contribution in [0.2, 0.25) is 0 Å². The van der Waals surface area contributed by atoms with E-state index in [2.05, 4.69) is 0 Å². The maximum atomic E-state index is 13.7. The Balaban J connectivity index is 0.00000456. The number of Topliss-reactive ketones (excluding diaryl/α,β-unsaturated/α-hetero) is 1. The van der Waals surface area contributed by atoms with Crippen LogP contribution in [0.1, 0.15) is 21.5 Å². The lowest BCUT2D eigenvalue weighted by Crippen LogP contribution is -3.00. The molecule has 0 aliphatic carbocycles. The highest BCUT2D eigenvalue weighted by molar-refractivity contribution is 5.97. The molecule has 8 heteroatoms. The molecule has 0 fully saturated rings. The lowest BCUT2D eigenvalue weighted by molar-refractivity contribution is -0.839. The van der Waals surface area contributed by atoms with E-state index < -0.39 is 0 Å². The monoisotopic (exact) mass is 513 g/mol. The third-order valence-corrected chi connectivity index (χ3v) is 5.97. The van der Waals surface area contributed by atoms with Crippen molar-refractivity contribution in [2.45, 2.75) is 13.0 Å². The normalized spacial score (nSPS) is 12.0. The van der Waals surface area contributed by atoms with Crippen molar-refractivity contribution in [3.63, 3.8) is 0 Å². The Morgan fingerprint density at radius 3 is 1.72 bits per heavy atom. The summed E-state index contributed by atoms with van der Waals surface area (Å²) in [6.07, 6.45) is 0.131. The van der Waals surface area contributed by atoms with Crippen LogP contribution in [0.5, 0.6) is 23.0 Å². The first kappa shape index (κ1) is 28.7. The number of likely N-dealkylation sites (N-methyl/N-ethyl adjacent to an activating group) is 1. The second-order valence-corrected chi connectivity index (χ2v) is 8.45. The smallest absolute Gasteiger partial charge is 0.318 e. The van der Waals surface area contributed by atoms with Crippen molar-refractivity contribution in [1.29, 1.82) is 0 Å². The van der Waals surface area contributed by atoms with Crippen LogP contribution in [-0.4, -0.2) is 58.2 Å². The van der Waals surface area contributed by atoms with Crippen molar-refractivity contribution in [2.75, 3.05) is 42.0 Å². The summed E-state index contributed by atoms with van der Waals surface area (Å²) in [6.45, 7) is 0.329. The highest BCUT2D eigenvalue weighted by Crippen LogP contribution is 2.30.